The molecule has 2 amide bonds. The number of esters is 1. The summed E-state index contributed by atoms with van der Waals surface area (Å²) in [6.07, 6.45) is 4.50. The van der Waals surface area contributed by atoms with Gasteiger partial charge >= 0.3 is 5.97 Å². The summed E-state index contributed by atoms with van der Waals surface area (Å²) in [7, 11) is 0. The Labute approximate surface area is 222 Å². The van der Waals surface area contributed by atoms with Crippen LogP contribution in [0.1, 0.15) is 39.5 Å². The Morgan fingerprint density at radius 1 is 1.31 bits per heavy atom. The highest BCUT2D eigenvalue weighted by Crippen LogP contribution is 2.68. The lowest BCUT2D eigenvalue weighted by Crippen LogP contribution is -2.57. The molecule has 3 saturated heterocycles. The first kappa shape index (κ1) is 27.0. The molecule has 4 rings (SSSR count). The van der Waals surface area contributed by atoms with Crippen molar-refractivity contribution in [1.29, 1.82) is 0 Å². The van der Waals surface area contributed by atoms with Gasteiger partial charge in [-0.2, -0.15) is 0 Å². The number of fused-ring (bicyclic) bond motifs is 1. The van der Waals surface area contributed by atoms with Crippen LogP contribution >= 0.6 is 23.4 Å². The van der Waals surface area contributed by atoms with E-state index in [-0.39, 0.29) is 48.7 Å². The van der Waals surface area contributed by atoms with Gasteiger partial charge in [-0.3, -0.25) is 14.4 Å². The Hall–Kier alpha value is -2.03. The molecule has 0 radical (unpaired) electrons. The quantitative estimate of drug-likeness (QED) is 0.263. The third-order valence-corrected chi connectivity index (χ3v) is 10.1. The number of hydrogen-bond acceptors (Lipinski definition) is 6. The van der Waals surface area contributed by atoms with Gasteiger partial charge < -0.3 is 19.6 Å². The molecule has 0 saturated carbocycles. The Balaban J connectivity index is 1.76. The Bertz CT molecular complexity index is 1000. The molecular formula is C27H35ClN2O5S. The maximum absolute atomic E-state index is 14.4. The van der Waals surface area contributed by atoms with Crippen LogP contribution in [0.3, 0.4) is 0 Å². The van der Waals surface area contributed by atoms with E-state index in [1.165, 1.54) is 0 Å². The molecule has 3 aliphatic rings. The largest absolute Gasteiger partial charge is 0.466 e. The summed E-state index contributed by atoms with van der Waals surface area (Å²) in [4.78, 5) is 44.9. The van der Waals surface area contributed by atoms with Crippen molar-refractivity contribution < 1.29 is 24.2 Å². The van der Waals surface area contributed by atoms with Gasteiger partial charge in [0.2, 0.25) is 5.91 Å². The van der Waals surface area contributed by atoms with Gasteiger partial charge in [0.1, 0.15) is 6.04 Å². The van der Waals surface area contributed by atoms with Crippen LogP contribution in [-0.2, 0) is 19.1 Å². The molecule has 3 unspecified atom stereocenters. The number of rotatable bonds is 11. The van der Waals surface area contributed by atoms with E-state index in [1.54, 1.807) is 58.8 Å². The lowest BCUT2D eigenvalue weighted by atomic mass is 9.66. The number of carbonyl (C=O) groups is 3. The van der Waals surface area contributed by atoms with Crippen LogP contribution < -0.4 is 4.90 Å². The summed E-state index contributed by atoms with van der Waals surface area (Å²) in [5.74, 6) is -1.68. The number of thioether (sulfide) groups is 1. The van der Waals surface area contributed by atoms with Crippen LogP contribution in [0.15, 0.2) is 36.9 Å². The van der Waals surface area contributed by atoms with E-state index in [0.29, 0.717) is 30.1 Å². The molecule has 2 bridgehead atoms. The second kappa shape index (κ2) is 11.2. The van der Waals surface area contributed by atoms with Gasteiger partial charge in [-0.05, 0) is 62.8 Å². The van der Waals surface area contributed by atoms with Crippen molar-refractivity contribution in [2.24, 2.45) is 17.8 Å². The normalized spacial score (nSPS) is 30.4. The van der Waals surface area contributed by atoms with Crippen LogP contribution in [-0.4, -0.2) is 70.1 Å². The van der Waals surface area contributed by atoms with Crippen molar-refractivity contribution in [3.8, 4) is 0 Å². The average Bonchev–Trinajstić information content (AvgIpc) is 3.44. The number of aliphatic hydroxyl groups excluding tert-OH is 1. The van der Waals surface area contributed by atoms with Crippen LogP contribution in [0.25, 0.3) is 0 Å². The monoisotopic (exact) mass is 534 g/mol. The predicted molar refractivity (Wildman–Crippen MR) is 142 cm³/mol. The van der Waals surface area contributed by atoms with Crippen LogP contribution in [0.2, 0.25) is 5.02 Å². The second-order valence-electron chi connectivity index (χ2n) is 9.83. The van der Waals surface area contributed by atoms with Crippen LogP contribution in [0, 0.1) is 17.8 Å². The minimum absolute atomic E-state index is 0.0387. The number of ether oxygens (including phenoxy) is 1. The topological polar surface area (TPSA) is 87.2 Å². The number of nitrogens with zero attached hydrogens (tertiary/aromatic N) is 2. The van der Waals surface area contributed by atoms with Crippen molar-refractivity contribution in [3.05, 3.63) is 41.9 Å². The van der Waals surface area contributed by atoms with Gasteiger partial charge in [-0.15, -0.1) is 18.3 Å². The summed E-state index contributed by atoms with van der Waals surface area (Å²) in [6.45, 7) is 8.76. The van der Waals surface area contributed by atoms with Gasteiger partial charge in [-0.1, -0.05) is 24.6 Å². The maximum atomic E-state index is 14.4. The fraction of sp³-hybridized carbons (Fsp3) is 0.593. The summed E-state index contributed by atoms with van der Waals surface area (Å²) in [6, 6.07) is 6.37. The van der Waals surface area contributed by atoms with Crippen molar-refractivity contribution in [1.82, 2.24) is 4.90 Å². The van der Waals surface area contributed by atoms with Gasteiger partial charge in [0.25, 0.3) is 5.91 Å². The van der Waals surface area contributed by atoms with Crippen molar-refractivity contribution >= 4 is 46.8 Å². The first-order valence-electron chi connectivity index (χ1n) is 12.7. The van der Waals surface area contributed by atoms with E-state index in [9.17, 15) is 19.5 Å². The standard InChI is InChI=1S/C27H35ClN2O5S/c1-4-13-29(19-11-9-18(28)10-12-19)25(33)23-27-17(3)16-20(36-27)21(26(34)35-5-2)22(27)24(32)30(23)14-7-6-8-15-31/h4,9-12,17,20-23,31H,1,5-8,13-16H2,2-3H3/t17?,20-,21+,22+,23?,27?/m1/s1. The van der Waals surface area contributed by atoms with Crippen LogP contribution in [0.5, 0.6) is 0 Å². The zero-order chi connectivity index (χ0) is 26.0. The number of amides is 2. The van der Waals surface area contributed by atoms with Crippen molar-refractivity contribution in [2.75, 3.05) is 31.2 Å². The smallest absolute Gasteiger partial charge is 0.310 e. The van der Waals surface area contributed by atoms with Gasteiger partial charge in [0, 0.05) is 35.7 Å². The lowest BCUT2D eigenvalue weighted by molar-refractivity contribution is -0.154. The zero-order valence-corrected chi connectivity index (χ0v) is 22.5. The summed E-state index contributed by atoms with van der Waals surface area (Å²) in [5, 5.41) is 9.74. The fourth-order valence-electron chi connectivity index (χ4n) is 6.34. The molecular weight excluding hydrogens is 500 g/mol. The minimum Gasteiger partial charge on any atom is -0.466 e. The third kappa shape index (κ3) is 4.45. The predicted octanol–water partition coefficient (Wildman–Crippen LogP) is 3.92. The highest BCUT2D eigenvalue weighted by Gasteiger charge is 2.76. The third-order valence-electron chi connectivity index (χ3n) is 7.81. The fourth-order valence-corrected chi connectivity index (χ4v) is 8.87. The van der Waals surface area contributed by atoms with Crippen molar-refractivity contribution in [2.45, 2.75) is 55.6 Å². The number of aliphatic hydroxyl groups is 1. The number of unbranched alkanes of at least 4 members (excludes halogenated alkanes) is 2. The molecule has 36 heavy (non-hydrogen) atoms. The van der Waals surface area contributed by atoms with E-state index in [4.69, 9.17) is 16.3 Å². The molecule has 3 fully saturated rings. The summed E-state index contributed by atoms with van der Waals surface area (Å²) >= 11 is 7.74. The first-order chi connectivity index (χ1) is 17.3. The lowest BCUT2D eigenvalue weighted by Gasteiger charge is -2.40. The molecule has 3 aliphatic heterocycles. The molecule has 0 aromatic heterocycles. The Morgan fingerprint density at radius 3 is 2.67 bits per heavy atom. The second-order valence-corrected chi connectivity index (χ2v) is 11.8. The van der Waals surface area contributed by atoms with Crippen molar-refractivity contribution in [3.63, 3.8) is 0 Å². The Morgan fingerprint density at radius 2 is 2.03 bits per heavy atom. The maximum Gasteiger partial charge on any atom is 0.310 e. The molecule has 1 aromatic carbocycles. The highest BCUT2D eigenvalue weighted by atomic mass is 35.5. The van der Waals surface area contributed by atoms with Gasteiger partial charge in [0.15, 0.2) is 0 Å². The van der Waals surface area contributed by atoms with Gasteiger partial charge in [0.05, 0.1) is 23.2 Å². The molecule has 9 heteroatoms. The molecule has 1 N–H and O–H groups in total. The van der Waals surface area contributed by atoms with E-state index >= 15 is 0 Å². The summed E-state index contributed by atoms with van der Waals surface area (Å²) < 4.78 is 4.71. The number of benzene rings is 1. The molecule has 0 aliphatic carbocycles. The number of anilines is 1. The van der Waals surface area contributed by atoms with Gasteiger partial charge in [-0.25, -0.2) is 0 Å². The first-order valence-corrected chi connectivity index (χ1v) is 14.0. The minimum atomic E-state index is -0.704. The van der Waals surface area contributed by atoms with E-state index in [2.05, 4.69) is 13.5 Å². The molecule has 6 atom stereocenters. The number of likely N-dealkylation sites (tertiary alicyclic amines) is 1. The average molecular weight is 535 g/mol. The summed E-state index contributed by atoms with van der Waals surface area (Å²) in [5.41, 5.74) is 0.684. The van der Waals surface area contributed by atoms with E-state index in [0.717, 1.165) is 12.8 Å². The molecule has 1 aromatic rings. The molecule has 1 spiro atoms. The molecule has 7 nitrogen and oxygen atoms in total. The number of carbonyl (C=O) groups excluding carboxylic acids is 3. The SMILES string of the molecule is C=CCN(C(=O)C1N(CCCCCO)C(=O)[C@@H]2[C@@H](C(=O)OCC)[C@H]3CC(C)C12S3)c1ccc(Cl)cc1. The Kier molecular flexibility index (Phi) is 8.37. The molecule has 3 heterocycles. The molecule has 196 valence electrons. The van der Waals surface area contributed by atoms with Crippen LogP contribution in [0.4, 0.5) is 5.69 Å². The zero-order valence-electron chi connectivity index (χ0n) is 20.9. The van der Waals surface area contributed by atoms with E-state index in [1.807, 2.05) is 0 Å². The highest BCUT2D eigenvalue weighted by molar-refractivity contribution is 8.02. The number of halogens is 1. The number of hydrogen-bond donors (Lipinski definition) is 1. The van der Waals surface area contributed by atoms with E-state index < -0.39 is 22.6 Å².